The van der Waals surface area contributed by atoms with E-state index in [1.165, 1.54) is 12.1 Å². The Balaban J connectivity index is 2.16. The quantitative estimate of drug-likeness (QED) is 0.917. The molecule has 0 amide bonds. The van der Waals surface area contributed by atoms with Crippen molar-refractivity contribution >= 4 is 5.69 Å². The Morgan fingerprint density at radius 2 is 2.11 bits per heavy atom. The van der Waals surface area contributed by atoms with Crippen LogP contribution in [-0.2, 0) is 6.42 Å². The maximum absolute atomic E-state index is 12.2. The summed E-state index contributed by atoms with van der Waals surface area (Å²) in [5.41, 5.74) is 1.81. The zero-order chi connectivity index (χ0) is 13.9. The first-order valence-electron chi connectivity index (χ1n) is 6.24. The molecule has 1 aromatic rings. The van der Waals surface area contributed by atoms with Crippen LogP contribution in [0.25, 0.3) is 0 Å². The molecular weight excluding hydrogens is 259 g/mol. The number of anilines is 1. The van der Waals surface area contributed by atoms with E-state index in [2.05, 4.69) is 9.64 Å². The lowest BCUT2D eigenvalue weighted by atomic mass is 10.0. The number of aryl methyl sites for hydroxylation is 1. The molecule has 19 heavy (non-hydrogen) atoms. The van der Waals surface area contributed by atoms with Crippen molar-refractivity contribution in [2.45, 2.75) is 25.6 Å². The van der Waals surface area contributed by atoms with E-state index < -0.39 is 6.36 Å². The van der Waals surface area contributed by atoms with Crippen LogP contribution in [0.5, 0.6) is 5.75 Å². The minimum absolute atomic E-state index is 0.112. The number of hydrogen-bond acceptors (Lipinski definition) is 3. The Morgan fingerprint density at radius 1 is 1.32 bits per heavy atom. The first-order valence-corrected chi connectivity index (χ1v) is 6.24. The molecule has 0 saturated heterocycles. The molecule has 2 rings (SSSR count). The van der Waals surface area contributed by atoms with Gasteiger partial charge in [-0.1, -0.05) is 0 Å². The summed E-state index contributed by atoms with van der Waals surface area (Å²) in [5, 5.41) is 8.84. The lowest BCUT2D eigenvalue weighted by molar-refractivity contribution is -0.274. The largest absolute Gasteiger partial charge is 0.573 e. The van der Waals surface area contributed by atoms with Crippen LogP contribution in [0.4, 0.5) is 18.9 Å². The van der Waals surface area contributed by atoms with Gasteiger partial charge in [0.05, 0.1) is 0 Å². The van der Waals surface area contributed by atoms with Gasteiger partial charge in [0.1, 0.15) is 5.75 Å². The number of aliphatic hydroxyl groups excluding tert-OH is 1. The van der Waals surface area contributed by atoms with Crippen molar-refractivity contribution in [1.29, 1.82) is 0 Å². The summed E-state index contributed by atoms with van der Waals surface area (Å²) in [6.45, 7) is 1.69. The van der Waals surface area contributed by atoms with Crippen molar-refractivity contribution in [3.63, 3.8) is 0 Å². The fraction of sp³-hybridized carbons (Fsp3) is 0.538. The maximum Gasteiger partial charge on any atom is 0.573 e. The Morgan fingerprint density at radius 3 is 2.79 bits per heavy atom. The molecule has 0 aromatic heterocycles. The van der Waals surface area contributed by atoms with E-state index in [4.69, 9.17) is 5.11 Å². The summed E-state index contributed by atoms with van der Waals surface area (Å²) in [4.78, 5) is 2.09. The van der Waals surface area contributed by atoms with E-state index >= 15 is 0 Å². The van der Waals surface area contributed by atoms with E-state index in [1.807, 2.05) is 0 Å². The van der Waals surface area contributed by atoms with Crippen LogP contribution in [0, 0.1) is 0 Å². The van der Waals surface area contributed by atoms with Crippen LogP contribution in [-0.4, -0.2) is 31.2 Å². The number of ether oxygens (including phenoxy) is 1. The number of benzene rings is 1. The van der Waals surface area contributed by atoms with Crippen LogP contribution >= 0.6 is 0 Å². The van der Waals surface area contributed by atoms with E-state index in [0.717, 1.165) is 30.6 Å². The molecule has 1 aliphatic heterocycles. The molecule has 0 bridgehead atoms. The topological polar surface area (TPSA) is 32.7 Å². The standard InChI is InChI=1S/C13H16F3NO2/c14-13(15,16)19-11-4-5-12-10(9-11)3-1-6-17(12)7-2-8-18/h4-5,9,18H,1-3,6-8H2. The predicted molar refractivity (Wildman–Crippen MR) is 65.4 cm³/mol. The van der Waals surface area contributed by atoms with E-state index in [9.17, 15) is 13.2 Å². The van der Waals surface area contributed by atoms with E-state index in [1.54, 1.807) is 6.07 Å². The average molecular weight is 275 g/mol. The van der Waals surface area contributed by atoms with Crippen LogP contribution in [0.2, 0.25) is 0 Å². The van der Waals surface area contributed by atoms with Gasteiger partial charge in [0.25, 0.3) is 0 Å². The van der Waals surface area contributed by atoms with Crippen LogP contribution in [0.15, 0.2) is 18.2 Å². The molecule has 6 heteroatoms. The van der Waals surface area contributed by atoms with Gasteiger partial charge in [-0.2, -0.15) is 0 Å². The SMILES string of the molecule is OCCCN1CCCc2cc(OC(F)(F)F)ccc21. The van der Waals surface area contributed by atoms with Crippen molar-refractivity contribution in [2.24, 2.45) is 0 Å². The third-order valence-electron chi connectivity index (χ3n) is 3.09. The molecule has 106 valence electrons. The van der Waals surface area contributed by atoms with Gasteiger partial charge < -0.3 is 14.7 Å². The van der Waals surface area contributed by atoms with Crippen LogP contribution in [0.3, 0.4) is 0 Å². The summed E-state index contributed by atoms with van der Waals surface area (Å²) >= 11 is 0. The fourth-order valence-corrected chi connectivity index (χ4v) is 2.34. The Labute approximate surface area is 109 Å². The van der Waals surface area contributed by atoms with Gasteiger partial charge in [-0.25, -0.2) is 0 Å². The highest BCUT2D eigenvalue weighted by atomic mass is 19.4. The summed E-state index contributed by atoms with van der Waals surface area (Å²) in [5.74, 6) is -0.171. The fourth-order valence-electron chi connectivity index (χ4n) is 2.34. The summed E-state index contributed by atoms with van der Waals surface area (Å²) in [6.07, 6.45) is -2.35. The summed E-state index contributed by atoms with van der Waals surface area (Å²) in [6, 6.07) is 4.45. The van der Waals surface area contributed by atoms with Crippen molar-refractivity contribution in [1.82, 2.24) is 0 Å². The third kappa shape index (κ3) is 3.76. The highest BCUT2D eigenvalue weighted by Crippen LogP contribution is 2.32. The third-order valence-corrected chi connectivity index (χ3v) is 3.09. The van der Waals surface area contributed by atoms with E-state index in [0.29, 0.717) is 13.0 Å². The van der Waals surface area contributed by atoms with Gasteiger partial charge >= 0.3 is 6.36 Å². The average Bonchev–Trinajstić information content (AvgIpc) is 2.34. The molecule has 0 saturated carbocycles. The second-order valence-corrected chi connectivity index (χ2v) is 4.51. The minimum atomic E-state index is -4.65. The Bertz CT molecular complexity index is 434. The number of halogens is 3. The highest BCUT2D eigenvalue weighted by Gasteiger charge is 2.31. The Kier molecular flexibility index (Phi) is 4.19. The number of rotatable bonds is 4. The number of aliphatic hydroxyl groups is 1. The zero-order valence-electron chi connectivity index (χ0n) is 10.4. The van der Waals surface area contributed by atoms with Crippen molar-refractivity contribution in [2.75, 3.05) is 24.6 Å². The molecule has 1 heterocycles. The van der Waals surface area contributed by atoms with Crippen LogP contribution in [0.1, 0.15) is 18.4 Å². The van der Waals surface area contributed by atoms with Gasteiger partial charge in [-0.15, -0.1) is 13.2 Å². The highest BCUT2D eigenvalue weighted by molar-refractivity contribution is 5.58. The number of fused-ring (bicyclic) bond motifs is 1. The molecule has 1 aromatic carbocycles. The monoisotopic (exact) mass is 275 g/mol. The molecule has 1 N–H and O–H groups in total. The molecule has 0 spiro atoms. The smallest absolute Gasteiger partial charge is 0.406 e. The molecule has 0 unspecified atom stereocenters. The minimum Gasteiger partial charge on any atom is -0.406 e. The predicted octanol–water partition coefficient (Wildman–Crippen LogP) is 2.72. The number of hydrogen-bond donors (Lipinski definition) is 1. The molecule has 1 aliphatic rings. The summed E-state index contributed by atoms with van der Waals surface area (Å²) in [7, 11) is 0. The summed E-state index contributed by atoms with van der Waals surface area (Å²) < 4.78 is 40.4. The number of alkyl halides is 3. The van der Waals surface area contributed by atoms with Gasteiger partial charge in [-0.3, -0.25) is 0 Å². The second-order valence-electron chi connectivity index (χ2n) is 4.51. The molecule has 0 atom stereocenters. The first kappa shape index (κ1) is 14.0. The molecule has 0 radical (unpaired) electrons. The molecule has 3 nitrogen and oxygen atoms in total. The Hall–Kier alpha value is -1.43. The van der Waals surface area contributed by atoms with Gasteiger partial charge in [-0.05, 0) is 43.0 Å². The molecule has 0 fully saturated rings. The van der Waals surface area contributed by atoms with Gasteiger partial charge in [0, 0.05) is 25.4 Å². The van der Waals surface area contributed by atoms with Crippen LogP contribution < -0.4 is 9.64 Å². The zero-order valence-corrected chi connectivity index (χ0v) is 10.4. The van der Waals surface area contributed by atoms with Gasteiger partial charge in [0.15, 0.2) is 0 Å². The van der Waals surface area contributed by atoms with Crippen molar-refractivity contribution in [3.05, 3.63) is 23.8 Å². The molecular formula is C13H16F3NO2. The normalized spacial score (nSPS) is 15.3. The van der Waals surface area contributed by atoms with Gasteiger partial charge in [0.2, 0.25) is 0 Å². The lowest BCUT2D eigenvalue weighted by Crippen LogP contribution is -2.30. The molecule has 0 aliphatic carbocycles. The lowest BCUT2D eigenvalue weighted by Gasteiger charge is -2.31. The maximum atomic E-state index is 12.2. The van der Waals surface area contributed by atoms with Crippen molar-refractivity contribution in [3.8, 4) is 5.75 Å². The van der Waals surface area contributed by atoms with E-state index in [-0.39, 0.29) is 12.4 Å². The number of nitrogens with zero attached hydrogens (tertiary/aromatic N) is 1. The van der Waals surface area contributed by atoms with Crippen molar-refractivity contribution < 1.29 is 23.0 Å². The second kappa shape index (κ2) is 5.69. The first-order chi connectivity index (χ1) is 8.99.